The summed E-state index contributed by atoms with van der Waals surface area (Å²) in [7, 11) is 1.32. The predicted octanol–water partition coefficient (Wildman–Crippen LogP) is 4.01. The molecule has 4 nitrogen and oxygen atoms in total. The van der Waals surface area contributed by atoms with Crippen LogP contribution in [0.4, 0.5) is 0 Å². The fraction of sp³-hybridized carbons (Fsp3) is 0.286. The van der Waals surface area contributed by atoms with Crippen molar-refractivity contribution in [2.45, 2.75) is 19.8 Å². The lowest BCUT2D eigenvalue weighted by Gasteiger charge is -1.99. The van der Waals surface area contributed by atoms with Gasteiger partial charge in [-0.1, -0.05) is 41.9 Å². The zero-order valence-corrected chi connectivity index (χ0v) is 12.5. The van der Waals surface area contributed by atoms with Crippen LogP contribution in [0.15, 0.2) is 33.2 Å². The fourth-order valence-corrected chi connectivity index (χ4v) is 1.88. The van der Waals surface area contributed by atoms with Crippen molar-refractivity contribution < 1.29 is 13.9 Å². The number of carbonyl (C=O) groups excluding carboxylic acids is 1. The average molecular weight is 324 g/mol. The number of esters is 1. The standard InChI is InChI=1S/C14H14BrNO3/c1-8(2)13-16-11(12(19-13)14(17)18-3)9-4-6-10(15)7-5-9/h4-8H,1-3H3. The van der Waals surface area contributed by atoms with Crippen molar-refractivity contribution in [2.75, 3.05) is 7.11 Å². The van der Waals surface area contributed by atoms with Crippen LogP contribution in [0.25, 0.3) is 11.3 Å². The molecule has 0 aliphatic heterocycles. The topological polar surface area (TPSA) is 52.3 Å². The van der Waals surface area contributed by atoms with Crippen molar-refractivity contribution in [2.24, 2.45) is 0 Å². The summed E-state index contributed by atoms with van der Waals surface area (Å²) in [6, 6.07) is 7.53. The van der Waals surface area contributed by atoms with Gasteiger partial charge in [-0.05, 0) is 12.1 Å². The Balaban J connectivity index is 2.54. The van der Waals surface area contributed by atoms with Crippen LogP contribution < -0.4 is 0 Å². The molecular weight excluding hydrogens is 310 g/mol. The number of hydrogen-bond donors (Lipinski definition) is 0. The van der Waals surface area contributed by atoms with Gasteiger partial charge in [0.1, 0.15) is 5.69 Å². The third-order valence-corrected chi connectivity index (χ3v) is 3.15. The molecule has 0 bridgehead atoms. The van der Waals surface area contributed by atoms with Gasteiger partial charge in [0, 0.05) is 16.0 Å². The summed E-state index contributed by atoms with van der Waals surface area (Å²) in [5, 5.41) is 0. The van der Waals surface area contributed by atoms with E-state index in [4.69, 9.17) is 9.15 Å². The Bertz CT molecular complexity index is 587. The highest BCUT2D eigenvalue weighted by atomic mass is 79.9. The maximum atomic E-state index is 11.7. The number of hydrogen-bond acceptors (Lipinski definition) is 4. The summed E-state index contributed by atoms with van der Waals surface area (Å²) in [5.74, 6) is 0.261. The highest BCUT2D eigenvalue weighted by molar-refractivity contribution is 9.10. The van der Waals surface area contributed by atoms with Gasteiger partial charge >= 0.3 is 5.97 Å². The van der Waals surface area contributed by atoms with Gasteiger partial charge in [0.2, 0.25) is 5.76 Å². The largest absolute Gasteiger partial charge is 0.463 e. The first-order valence-electron chi connectivity index (χ1n) is 5.88. The highest BCUT2D eigenvalue weighted by Crippen LogP contribution is 2.28. The quantitative estimate of drug-likeness (QED) is 0.801. The van der Waals surface area contributed by atoms with Crippen molar-refractivity contribution in [3.8, 4) is 11.3 Å². The average Bonchev–Trinajstić information content (AvgIpc) is 2.84. The van der Waals surface area contributed by atoms with E-state index in [1.54, 1.807) is 0 Å². The molecular formula is C14H14BrNO3. The van der Waals surface area contributed by atoms with E-state index in [1.807, 2.05) is 38.1 Å². The Morgan fingerprint density at radius 1 is 1.32 bits per heavy atom. The van der Waals surface area contributed by atoms with Crippen molar-refractivity contribution in [3.63, 3.8) is 0 Å². The lowest BCUT2D eigenvalue weighted by molar-refractivity contribution is 0.0564. The van der Waals surface area contributed by atoms with Crippen molar-refractivity contribution >= 4 is 21.9 Å². The monoisotopic (exact) mass is 323 g/mol. The van der Waals surface area contributed by atoms with Crippen molar-refractivity contribution in [1.82, 2.24) is 4.98 Å². The van der Waals surface area contributed by atoms with Crippen LogP contribution >= 0.6 is 15.9 Å². The molecule has 0 saturated carbocycles. The van der Waals surface area contributed by atoms with E-state index in [-0.39, 0.29) is 11.7 Å². The van der Waals surface area contributed by atoms with Gasteiger partial charge in [-0.3, -0.25) is 0 Å². The number of carbonyl (C=O) groups is 1. The number of rotatable bonds is 3. The maximum absolute atomic E-state index is 11.7. The molecule has 1 aromatic carbocycles. The van der Waals surface area contributed by atoms with Gasteiger partial charge in [-0.15, -0.1) is 0 Å². The lowest BCUT2D eigenvalue weighted by Crippen LogP contribution is -2.01. The first kappa shape index (κ1) is 13.8. The smallest absolute Gasteiger partial charge is 0.376 e. The molecule has 0 spiro atoms. The van der Waals surface area contributed by atoms with E-state index < -0.39 is 5.97 Å². The summed E-state index contributed by atoms with van der Waals surface area (Å²) in [5.41, 5.74) is 1.34. The minimum absolute atomic E-state index is 0.104. The highest BCUT2D eigenvalue weighted by Gasteiger charge is 2.23. The molecule has 19 heavy (non-hydrogen) atoms. The molecule has 2 rings (SSSR count). The summed E-state index contributed by atoms with van der Waals surface area (Å²) in [4.78, 5) is 16.1. The minimum atomic E-state index is -0.516. The molecule has 0 fully saturated rings. The number of halogens is 1. The van der Waals surface area contributed by atoms with Gasteiger partial charge in [0.25, 0.3) is 0 Å². The zero-order valence-electron chi connectivity index (χ0n) is 10.9. The molecule has 2 aromatic rings. The van der Waals surface area contributed by atoms with Gasteiger partial charge in [-0.25, -0.2) is 9.78 Å². The molecule has 1 heterocycles. The molecule has 0 unspecified atom stereocenters. The number of oxazole rings is 1. The van der Waals surface area contributed by atoms with Crippen LogP contribution in [0.3, 0.4) is 0 Å². The minimum Gasteiger partial charge on any atom is -0.463 e. The second-order valence-electron chi connectivity index (χ2n) is 4.38. The Morgan fingerprint density at radius 2 is 1.95 bits per heavy atom. The Morgan fingerprint density at radius 3 is 2.47 bits per heavy atom. The molecule has 0 N–H and O–H groups in total. The van der Waals surface area contributed by atoms with Crippen LogP contribution in [0.2, 0.25) is 0 Å². The summed E-state index contributed by atoms with van der Waals surface area (Å²) >= 11 is 3.37. The van der Waals surface area contributed by atoms with Crippen LogP contribution in [0.5, 0.6) is 0 Å². The molecule has 5 heteroatoms. The van der Waals surface area contributed by atoms with Crippen LogP contribution in [0.1, 0.15) is 36.2 Å². The van der Waals surface area contributed by atoms with Gasteiger partial charge in [0.15, 0.2) is 5.89 Å². The van der Waals surface area contributed by atoms with Crippen LogP contribution in [-0.2, 0) is 4.74 Å². The van der Waals surface area contributed by atoms with Crippen molar-refractivity contribution in [3.05, 3.63) is 40.4 Å². The summed E-state index contributed by atoms with van der Waals surface area (Å²) in [6.07, 6.45) is 0. The van der Waals surface area contributed by atoms with Gasteiger partial charge < -0.3 is 9.15 Å². The van der Waals surface area contributed by atoms with E-state index in [9.17, 15) is 4.79 Å². The Hall–Kier alpha value is -1.62. The van der Waals surface area contributed by atoms with Crippen LogP contribution in [-0.4, -0.2) is 18.1 Å². The summed E-state index contributed by atoms with van der Waals surface area (Å²) < 4.78 is 11.2. The number of nitrogens with zero attached hydrogens (tertiary/aromatic N) is 1. The fourth-order valence-electron chi connectivity index (χ4n) is 1.62. The molecule has 0 radical (unpaired) electrons. The number of methoxy groups -OCH3 is 1. The van der Waals surface area contributed by atoms with Gasteiger partial charge in [0.05, 0.1) is 7.11 Å². The van der Waals surface area contributed by atoms with E-state index in [2.05, 4.69) is 20.9 Å². The third-order valence-electron chi connectivity index (χ3n) is 2.63. The zero-order chi connectivity index (χ0) is 14.0. The second-order valence-corrected chi connectivity index (χ2v) is 5.30. The Labute approximate surface area is 119 Å². The molecule has 0 amide bonds. The molecule has 0 saturated heterocycles. The molecule has 0 aliphatic carbocycles. The first-order chi connectivity index (χ1) is 9.02. The predicted molar refractivity (Wildman–Crippen MR) is 75.1 cm³/mol. The van der Waals surface area contributed by atoms with E-state index >= 15 is 0 Å². The van der Waals surface area contributed by atoms with E-state index in [1.165, 1.54) is 7.11 Å². The number of ether oxygens (including phenoxy) is 1. The number of aromatic nitrogens is 1. The van der Waals surface area contributed by atoms with E-state index in [0.29, 0.717) is 11.6 Å². The maximum Gasteiger partial charge on any atom is 0.376 e. The third kappa shape index (κ3) is 2.87. The molecule has 0 aliphatic rings. The van der Waals surface area contributed by atoms with Gasteiger partial charge in [-0.2, -0.15) is 0 Å². The second kappa shape index (κ2) is 5.57. The van der Waals surface area contributed by atoms with E-state index in [0.717, 1.165) is 10.0 Å². The number of benzene rings is 1. The van der Waals surface area contributed by atoms with Crippen LogP contribution in [0, 0.1) is 0 Å². The normalized spacial score (nSPS) is 10.8. The Kier molecular flexibility index (Phi) is 4.04. The van der Waals surface area contributed by atoms with Crippen molar-refractivity contribution in [1.29, 1.82) is 0 Å². The first-order valence-corrected chi connectivity index (χ1v) is 6.67. The molecule has 0 atom stereocenters. The summed E-state index contributed by atoms with van der Waals surface area (Å²) in [6.45, 7) is 3.91. The molecule has 1 aromatic heterocycles. The molecule has 100 valence electrons. The lowest BCUT2D eigenvalue weighted by atomic mass is 10.1. The SMILES string of the molecule is COC(=O)c1oc(C(C)C)nc1-c1ccc(Br)cc1.